The van der Waals surface area contributed by atoms with E-state index in [1.165, 1.54) is 12.3 Å². The van der Waals surface area contributed by atoms with Crippen molar-refractivity contribution in [3.05, 3.63) is 66.1 Å². The van der Waals surface area contributed by atoms with Gasteiger partial charge < -0.3 is 15.1 Å². The molecule has 0 radical (unpaired) electrons. The molecule has 1 aliphatic rings. The topological polar surface area (TPSA) is 72.4 Å². The molecular formula is C23H24FN3O2. The molecule has 29 heavy (non-hydrogen) atoms. The van der Waals surface area contributed by atoms with Crippen molar-refractivity contribution in [1.82, 2.24) is 9.88 Å². The molecular weight excluding hydrogens is 369 g/mol. The van der Waals surface area contributed by atoms with Gasteiger partial charge in [-0.1, -0.05) is 24.3 Å². The van der Waals surface area contributed by atoms with Crippen molar-refractivity contribution in [1.29, 1.82) is 0 Å². The molecule has 1 saturated heterocycles. The molecule has 0 bridgehead atoms. The SMILES string of the molecule is CC(N)C1CCN(C(=O)c2ccccc2-c2ncc(-c3ccccc3F)o2)CC1. The van der Waals surface area contributed by atoms with E-state index in [0.29, 0.717) is 47.3 Å². The number of carbonyl (C=O) groups excluding carboxylic acids is 1. The lowest BCUT2D eigenvalue weighted by Crippen LogP contribution is -2.42. The lowest BCUT2D eigenvalue weighted by Gasteiger charge is -2.34. The van der Waals surface area contributed by atoms with E-state index in [2.05, 4.69) is 4.98 Å². The summed E-state index contributed by atoms with van der Waals surface area (Å²) in [6, 6.07) is 13.8. The highest BCUT2D eigenvalue weighted by molar-refractivity contribution is 6.00. The van der Waals surface area contributed by atoms with E-state index < -0.39 is 0 Å². The van der Waals surface area contributed by atoms with Gasteiger partial charge in [-0.3, -0.25) is 4.79 Å². The number of aromatic nitrogens is 1. The summed E-state index contributed by atoms with van der Waals surface area (Å²) in [4.78, 5) is 19.3. The molecule has 1 aliphatic heterocycles. The van der Waals surface area contributed by atoms with Gasteiger partial charge in [-0.15, -0.1) is 0 Å². The number of carbonyl (C=O) groups is 1. The van der Waals surface area contributed by atoms with Crippen LogP contribution in [0.4, 0.5) is 4.39 Å². The molecule has 0 aliphatic carbocycles. The predicted octanol–water partition coefficient (Wildman–Crippen LogP) is 4.35. The molecule has 2 N–H and O–H groups in total. The number of hydrogen-bond donors (Lipinski definition) is 1. The summed E-state index contributed by atoms with van der Waals surface area (Å²) in [5.74, 6) is 0.658. The van der Waals surface area contributed by atoms with Crippen molar-refractivity contribution >= 4 is 5.91 Å². The van der Waals surface area contributed by atoms with Crippen LogP contribution in [0.3, 0.4) is 0 Å². The van der Waals surface area contributed by atoms with Crippen LogP contribution in [0.5, 0.6) is 0 Å². The Bertz CT molecular complexity index is 1010. The lowest BCUT2D eigenvalue weighted by molar-refractivity contribution is 0.0681. The standard InChI is InChI=1S/C23H24FN3O2/c1-15(25)16-10-12-27(13-11-16)23(28)18-7-3-2-6-17(18)22-26-14-21(29-22)19-8-4-5-9-20(19)24/h2-9,14-16H,10-13,25H2,1H3. The van der Waals surface area contributed by atoms with Crippen LogP contribution < -0.4 is 5.73 Å². The maximum atomic E-state index is 14.1. The number of benzene rings is 2. The molecule has 2 heterocycles. The van der Waals surface area contributed by atoms with Crippen molar-refractivity contribution in [2.24, 2.45) is 11.7 Å². The average molecular weight is 393 g/mol. The lowest BCUT2D eigenvalue weighted by atomic mass is 9.90. The number of amides is 1. The van der Waals surface area contributed by atoms with Gasteiger partial charge >= 0.3 is 0 Å². The molecule has 1 unspecified atom stereocenters. The van der Waals surface area contributed by atoms with E-state index in [4.69, 9.17) is 10.2 Å². The zero-order valence-electron chi connectivity index (χ0n) is 16.3. The highest BCUT2D eigenvalue weighted by Gasteiger charge is 2.27. The van der Waals surface area contributed by atoms with Gasteiger partial charge in [0, 0.05) is 24.7 Å². The van der Waals surface area contributed by atoms with E-state index in [1.807, 2.05) is 24.0 Å². The average Bonchev–Trinajstić information content (AvgIpc) is 3.23. The second-order valence-corrected chi connectivity index (χ2v) is 7.54. The fourth-order valence-corrected chi connectivity index (χ4v) is 3.84. The van der Waals surface area contributed by atoms with Crippen LogP contribution in [0.15, 0.2) is 59.1 Å². The largest absolute Gasteiger partial charge is 0.436 e. The molecule has 3 aromatic rings. The van der Waals surface area contributed by atoms with E-state index in [0.717, 1.165) is 12.8 Å². The van der Waals surface area contributed by atoms with Crippen molar-refractivity contribution in [2.75, 3.05) is 13.1 Å². The quantitative estimate of drug-likeness (QED) is 0.715. The van der Waals surface area contributed by atoms with E-state index in [1.54, 1.807) is 30.3 Å². The molecule has 0 saturated carbocycles. The Balaban J connectivity index is 1.60. The summed E-state index contributed by atoms with van der Waals surface area (Å²) in [6.45, 7) is 3.39. The van der Waals surface area contributed by atoms with Gasteiger partial charge in [-0.25, -0.2) is 9.37 Å². The first kappa shape index (κ1) is 19.3. The number of rotatable bonds is 4. The number of nitrogens with two attached hydrogens (primary N) is 1. The highest BCUT2D eigenvalue weighted by atomic mass is 19.1. The Morgan fingerprint density at radius 1 is 1.14 bits per heavy atom. The Morgan fingerprint density at radius 3 is 2.48 bits per heavy atom. The molecule has 4 rings (SSSR count). The number of likely N-dealkylation sites (tertiary alicyclic amines) is 1. The van der Waals surface area contributed by atoms with Crippen molar-refractivity contribution in [2.45, 2.75) is 25.8 Å². The van der Waals surface area contributed by atoms with Crippen LogP contribution in [0.2, 0.25) is 0 Å². The molecule has 1 amide bonds. The van der Waals surface area contributed by atoms with Crippen LogP contribution in [0, 0.1) is 11.7 Å². The fourth-order valence-electron chi connectivity index (χ4n) is 3.84. The van der Waals surface area contributed by atoms with Crippen LogP contribution in [0.1, 0.15) is 30.1 Å². The second-order valence-electron chi connectivity index (χ2n) is 7.54. The third-order valence-electron chi connectivity index (χ3n) is 5.60. The summed E-state index contributed by atoms with van der Waals surface area (Å²) in [6.07, 6.45) is 3.30. The first-order valence-corrected chi connectivity index (χ1v) is 9.89. The number of halogens is 1. The minimum absolute atomic E-state index is 0.0469. The zero-order chi connectivity index (χ0) is 20.4. The third-order valence-corrected chi connectivity index (χ3v) is 5.60. The summed E-state index contributed by atoms with van der Waals surface area (Å²) in [5.41, 5.74) is 7.49. The van der Waals surface area contributed by atoms with Gasteiger partial charge in [0.1, 0.15) is 5.82 Å². The smallest absolute Gasteiger partial charge is 0.254 e. The molecule has 6 heteroatoms. The minimum Gasteiger partial charge on any atom is -0.436 e. The maximum absolute atomic E-state index is 14.1. The van der Waals surface area contributed by atoms with Gasteiger partial charge in [-0.2, -0.15) is 0 Å². The monoisotopic (exact) mass is 393 g/mol. The first-order chi connectivity index (χ1) is 14.0. The van der Waals surface area contributed by atoms with Crippen LogP contribution in [0.25, 0.3) is 22.8 Å². The first-order valence-electron chi connectivity index (χ1n) is 9.89. The number of hydrogen-bond acceptors (Lipinski definition) is 4. The zero-order valence-corrected chi connectivity index (χ0v) is 16.3. The Hall–Kier alpha value is -2.99. The summed E-state index contributed by atoms with van der Waals surface area (Å²) >= 11 is 0. The van der Waals surface area contributed by atoms with Crippen molar-refractivity contribution in [3.63, 3.8) is 0 Å². The molecule has 0 spiro atoms. The molecule has 1 aromatic heterocycles. The van der Waals surface area contributed by atoms with Gasteiger partial charge in [0.2, 0.25) is 5.89 Å². The Morgan fingerprint density at radius 2 is 1.79 bits per heavy atom. The van der Waals surface area contributed by atoms with Crippen LogP contribution in [-0.4, -0.2) is 34.9 Å². The number of piperidine rings is 1. The van der Waals surface area contributed by atoms with E-state index >= 15 is 0 Å². The van der Waals surface area contributed by atoms with Crippen molar-refractivity contribution in [3.8, 4) is 22.8 Å². The Labute approximate surface area is 169 Å². The predicted molar refractivity (Wildman–Crippen MR) is 110 cm³/mol. The number of nitrogens with zero attached hydrogens (tertiary/aromatic N) is 2. The molecule has 150 valence electrons. The minimum atomic E-state index is -0.378. The molecule has 1 fully saturated rings. The normalized spacial score (nSPS) is 16.0. The van der Waals surface area contributed by atoms with Crippen molar-refractivity contribution < 1.29 is 13.6 Å². The summed E-state index contributed by atoms with van der Waals surface area (Å²) in [7, 11) is 0. The second kappa shape index (κ2) is 8.17. The van der Waals surface area contributed by atoms with Crippen LogP contribution in [-0.2, 0) is 0 Å². The van der Waals surface area contributed by atoms with Crippen LogP contribution >= 0.6 is 0 Å². The van der Waals surface area contributed by atoms with Gasteiger partial charge in [0.05, 0.1) is 17.3 Å². The fraction of sp³-hybridized carbons (Fsp3) is 0.304. The molecule has 1 atom stereocenters. The Kier molecular flexibility index (Phi) is 5.45. The van der Waals surface area contributed by atoms with E-state index in [-0.39, 0.29) is 17.8 Å². The highest BCUT2D eigenvalue weighted by Crippen LogP contribution is 2.30. The third kappa shape index (κ3) is 3.93. The summed E-state index contributed by atoms with van der Waals surface area (Å²) in [5, 5.41) is 0. The number of oxazole rings is 1. The maximum Gasteiger partial charge on any atom is 0.254 e. The van der Waals surface area contributed by atoms with Gasteiger partial charge in [0.15, 0.2) is 5.76 Å². The van der Waals surface area contributed by atoms with Gasteiger partial charge in [0.25, 0.3) is 5.91 Å². The molecule has 2 aromatic carbocycles. The molecule has 5 nitrogen and oxygen atoms in total. The van der Waals surface area contributed by atoms with E-state index in [9.17, 15) is 9.18 Å². The summed E-state index contributed by atoms with van der Waals surface area (Å²) < 4.78 is 19.9. The van der Waals surface area contributed by atoms with Gasteiger partial charge in [-0.05, 0) is 49.9 Å².